The van der Waals surface area contributed by atoms with E-state index in [-0.39, 0.29) is 30.4 Å². The second-order valence-electron chi connectivity index (χ2n) is 7.62. The molecule has 0 spiro atoms. The van der Waals surface area contributed by atoms with Gasteiger partial charge < -0.3 is 19.1 Å². The van der Waals surface area contributed by atoms with Gasteiger partial charge in [0.05, 0.1) is 13.7 Å². The number of hydrogen-bond donors (Lipinski definition) is 0. The van der Waals surface area contributed by atoms with Gasteiger partial charge in [0.1, 0.15) is 12.3 Å². The molecule has 2 amide bonds. The highest BCUT2D eigenvalue weighted by Crippen LogP contribution is 2.29. The van der Waals surface area contributed by atoms with Gasteiger partial charge in [-0.1, -0.05) is 6.07 Å². The minimum atomic E-state index is -0.156. The summed E-state index contributed by atoms with van der Waals surface area (Å²) in [5.41, 5.74) is 1.62. The van der Waals surface area contributed by atoms with E-state index >= 15 is 0 Å². The normalized spacial score (nSPS) is 13.5. The predicted molar refractivity (Wildman–Crippen MR) is 108 cm³/mol. The molecule has 6 heteroatoms. The van der Waals surface area contributed by atoms with Crippen LogP contribution < -0.4 is 4.74 Å². The lowest BCUT2D eigenvalue weighted by molar-refractivity contribution is -0.133. The van der Waals surface area contributed by atoms with Crippen molar-refractivity contribution in [3.05, 3.63) is 53.9 Å². The van der Waals surface area contributed by atoms with Crippen LogP contribution in [-0.4, -0.2) is 51.9 Å². The summed E-state index contributed by atoms with van der Waals surface area (Å²) in [6.07, 6.45) is 4.04. The Bertz CT molecular complexity index is 839. The van der Waals surface area contributed by atoms with Crippen LogP contribution in [0.25, 0.3) is 0 Å². The van der Waals surface area contributed by atoms with E-state index in [2.05, 4.69) is 0 Å². The summed E-state index contributed by atoms with van der Waals surface area (Å²) < 4.78 is 7.26. The molecule has 0 unspecified atom stereocenters. The molecule has 1 fully saturated rings. The third-order valence-corrected chi connectivity index (χ3v) is 5.20. The van der Waals surface area contributed by atoms with Crippen LogP contribution in [0.4, 0.5) is 0 Å². The fraction of sp³-hybridized carbons (Fsp3) is 0.455. The van der Waals surface area contributed by atoms with Gasteiger partial charge in [0.25, 0.3) is 5.91 Å². The minimum Gasteiger partial charge on any atom is -0.497 e. The topological polar surface area (TPSA) is 54.8 Å². The van der Waals surface area contributed by atoms with Gasteiger partial charge in [0.2, 0.25) is 5.91 Å². The first-order valence-corrected chi connectivity index (χ1v) is 9.75. The molecule has 3 rings (SSSR count). The smallest absolute Gasteiger partial charge is 0.254 e. The van der Waals surface area contributed by atoms with Crippen LogP contribution in [0.3, 0.4) is 0 Å². The molecule has 0 saturated heterocycles. The molecule has 0 bridgehead atoms. The molecule has 0 N–H and O–H groups in total. The Kier molecular flexibility index (Phi) is 6.07. The van der Waals surface area contributed by atoms with Crippen LogP contribution in [-0.2, 0) is 18.4 Å². The predicted octanol–water partition coefficient (Wildman–Crippen LogP) is 3.08. The summed E-state index contributed by atoms with van der Waals surface area (Å²) in [6.45, 7) is 4.52. The largest absolute Gasteiger partial charge is 0.497 e. The van der Waals surface area contributed by atoms with E-state index in [1.807, 2.05) is 48.7 Å². The van der Waals surface area contributed by atoms with Crippen molar-refractivity contribution in [2.24, 2.45) is 7.05 Å². The van der Waals surface area contributed by atoms with E-state index in [9.17, 15) is 9.59 Å². The number of aryl methyl sites for hydroxylation is 1. The van der Waals surface area contributed by atoms with Crippen LogP contribution in [0.15, 0.2) is 42.6 Å². The standard InChI is InChI=1S/C22H29N3O3/c1-16(2)24(22(27)17-7-5-9-20(13-17)28-4)15-21(26)25(18-10-11-18)14-19-8-6-12-23(19)3/h5-9,12-13,16,18H,10-11,14-15H2,1-4H3. The summed E-state index contributed by atoms with van der Waals surface area (Å²) in [7, 11) is 3.56. The molecule has 1 aliphatic rings. The van der Waals surface area contributed by atoms with Crippen molar-refractivity contribution in [3.63, 3.8) is 0 Å². The Balaban J connectivity index is 1.75. The second kappa shape index (κ2) is 8.50. The maximum absolute atomic E-state index is 13.1. The molecule has 0 radical (unpaired) electrons. The van der Waals surface area contributed by atoms with Crippen LogP contribution in [0.5, 0.6) is 5.75 Å². The van der Waals surface area contributed by atoms with Gasteiger partial charge in [-0.05, 0) is 57.0 Å². The van der Waals surface area contributed by atoms with E-state index in [0.29, 0.717) is 17.9 Å². The fourth-order valence-electron chi connectivity index (χ4n) is 3.29. The summed E-state index contributed by atoms with van der Waals surface area (Å²) in [5, 5.41) is 0. The first-order valence-electron chi connectivity index (χ1n) is 9.75. The lowest BCUT2D eigenvalue weighted by atomic mass is 10.1. The molecule has 1 saturated carbocycles. The van der Waals surface area contributed by atoms with Crippen molar-refractivity contribution in [2.75, 3.05) is 13.7 Å². The van der Waals surface area contributed by atoms with Crippen molar-refractivity contribution < 1.29 is 14.3 Å². The number of methoxy groups -OCH3 is 1. The Morgan fingerprint density at radius 1 is 1.21 bits per heavy atom. The number of carbonyl (C=O) groups is 2. The molecular weight excluding hydrogens is 354 g/mol. The van der Waals surface area contributed by atoms with E-state index in [1.165, 1.54) is 0 Å². The molecule has 28 heavy (non-hydrogen) atoms. The summed E-state index contributed by atoms with van der Waals surface area (Å²) in [4.78, 5) is 29.8. The number of hydrogen-bond acceptors (Lipinski definition) is 3. The maximum Gasteiger partial charge on any atom is 0.254 e. The zero-order valence-electron chi connectivity index (χ0n) is 17.1. The van der Waals surface area contributed by atoms with Gasteiger partial charge in [-0.3, -0.25) is 9.59 Å². The molecule has 2 aromatic rings. The minimum absolute atomic E-state index is 0.00588. The molecule has 6 nitrogen and oxygen atoms in total. The van der Waals surface area contributed by atoms with Crippen LogP contribution in [0.2, 0.25) is 0 Å². The Morgan fingerprint density at radius 2 is 1.96 bits per heavy atom. The number of ether oxygens (including phenoxy) is 1. The molecular formula is C22H29N3O3. The van der Waals surface area contributed by atoms with Crippen LogP contribution in [0, 0.1) is 0 Å². The second-order valence-corrected chi connectivity index (χ2v) is 7.62. The quantitative estimate of drug-likeness (QED) is 0.704. The molecule has 1 aromatic carbocycles. The average Bonchev–Trinajstić information content (AvgIpc) is 3.45. The van der Waals surface area contributed by atoms with E-state index in [4.69, 9.17) is 4.74 Å². The number of carbonyl (C=O) groups excluding carboxylic acids is 2. The number of rotatable bonds is 8. The highest BCUT2D eigenvalue weighted by molar-refractivity contribution is 5.97. The van der Waals surface area contributed by atoms with Crippen LogP contribution >= 0.6 is 0 Å². The number of aromatic nitrogens is 1. The first-order chi connectivity index (χ1) is 13.4. The molecule has 1 aliphatic carbocycles. The average molecular weight is 383 g/mol. The summed E-state index contributed by atoms with van der Waals surface area (Å²) in [6, 6.07) is 11.3. The van der Waals surface area contributed by atoms with Gasteiger partial charge in [-0.2, -0.15) is 0 Å². The summed E-state index contributed by atoms with van der Waals surface area (Å²) in [5.74, 6) is 0.467. The van der Waals surface area contributed by atoms with Crippen molar-refractivity contribution in [3.8, 4) is 5.75 Å². The molecule has 1 aromatic heterocycles. The highest BCUT2D eigenvalue weighted by atomic mass is 16.5. The van der Waals surface area contributed by atoms with Gasteiger partial charge in [0.15, 0.2) is 0 Å². The highest BCUT2D eigenvalue weighted by Gasteiger charge is 2.34. The van der Waals surface area contributed by atoms with Gasteiger partial charge in [-0.15, -0.1) is 0 Å². The van der Waals surface area contributed by atoms with E-state index in [0.717, 1.165) is 18.5 Å². The van der Waals surface area contributed by atoms with Gasteiger partial charge in [0, 0.05) is 36.6 Å². The zero-order chi connectivity index (χ0) is 20.3. The van der Waals surface area contributed by atoms with Crippen LogP contribution in [0.1, 0.15) is 42.7 Å². The summed E-state index contributed by atoms with van der Waals surface area (Å²) >= 11 is 0. The SMILES string of the molecule is COc1cccc(C(=O)N(CC(=O)N(Cc2cccn2C)C2CC2)C(C)C)c1. The molecule has 150 valence electrons. The van der Waals surface area contributed by atoms with Gasteiger partial charge >= 0.3 is 0 Å². The van der Waals surface area contributed by atoms with Crippen molar-refractivity contribution >= 4 is 11.8 Å². The molecule has 0 atom stereocenters. The Labute approximate surface area is 166 Å². The van der Waals surface area contributed by atoms with Crippen molar-refractivity contribution in [1.82, 2.24) is 14.4 Å². The number of amides is 2. The fourth-order valence-corrected chi connectivity index (χ4v) is 3.29. The third kappa shape index (κ3) is 4.55. The Hall–Kier alpha value is -2.76. The lowest BCUT2D eigenvalue weighted by Crippen LogP contribution is -2.46. The maximum atomic E-state index is 13.1. The molecule has 0 aliphatic heterocycles. The first kappa shape index (κ1) is 20.0. The number of benzene rings is 1. The molecule has 1 heterocycles. The van der Waals surface area contributed by atoms with Crippen molar-refractivity contribution in [1.29, 1.82) is 0 Å². The van der Waals surface area contributed by atoms with Gasteiger partial charge in [-0.25, -0.2) is 0 Å². The van der Waals surface area contributed by atoms with Crippen molar-refractivity contribution in [2.45, 2.75) is 45.3 Å². The van der Waals surface area contributed by atoms with E-state index in [1.54, 1.807) is 36.3 Å². The number of nitrogens with zero attached hydrogens (tertiary/aromatic N) is 3. The monoisotopic (exact) mass is 383 g/mol. The zero-order valence-corrected chi connectivity index (χ0v) is 17.1. The third-order valence-electron chi connectivity index (χ3n) is 5.20. The van der Waals surface area contributed by atoms with E-state index < -0.39 is 0 Å². The lowest BCUT2D eigenvalue weighted by Gasteiger charge is -2.30. The Morgan fingerprint density at radius 3 is 2.54 bits per heavy atom.